The van der Waals surface area contributed by atoms with Crippen LogP contribution in [0.3, 0.4) is 0 Å². The van der Waals surface area contributed by atoms with Gasteiger partial charge in [0.25, 0.3) is 0 Å². The summed E-state index contributed by atoms with van der Waals surface area (Å²) < 4.78 is 5.55. The molecule has 5 heterocycles. The second kappa shape index (κ2) is 32.4. The second-order valence-corrected chi connectivity index (χ2v) is 29.6. The van der Waals surface area contributed by atoms with Crippen molar-refractivity contribution >= 4 is 128 Å². The predicted octanol–water partition coefficient (Wildman–Crippen LogP) is 27.7. The first-order valence-electron chi connectivity index (χ1n) is 37.0. The highest BCUT2D eigenvalue weighted by Crippen LogP contribution is 2.39. The zero-order valence-corrected chi connectivity index (χ0v) is 63.6. The van der Waals surface area contributed by atoms with Gasteiger partial charge in [0.15, 0.2) is 29.1 Å². The number of fused-ring (bicyclic) bond motifs is 18. The Morgan fingerprint density at radius 3 is 1.02 bits per heavy atom. The van der Waals surface area contributed by atoms with Crippen LogP contribution in [-0.4, -0.2) is 34.9 Å². The topological polar surface area (TPSA) is 90.2 Å². The van der Waals surface area contributed by atoms with Crippen LogP contribution in [0.2, 0.25) is 0 Å². The van der Waals surface area contributed by atoms with E-state index in [0.29, 0.717) is 29.1 Å². The fraction of sp³-hybridized carbons (Fsp3) is 0.0594. The first-order chi connectivity index (χ1) is 54.0. The van der Waals surface area contributed by atoms with Crippen molar-refractivity contribution in [2.75, 3.05) is 0 Å². The van der Waals surface area contributed by atoms with E-state index in [1.165, 1.54) is 127 Å². The molecular formula is C101H77N7S2. The summed E-state index contributed by atoms with van der Waals surface area (Å²) in [5.74, 6) is 4.22. The Kier molecular flexibility index (Phi) is 20.9. The van der Waals surface area contributed by atoms with Gasteiger partial charge in [0.05, 0.1) is 5.52 Å². The molecule has 5 aromatic heterocycles. The van der Waals surface area contributed by atoms with Crippen LogP contribution in [-0.2, 0) is 0 Å². The third kappa shape index (κ3) is 15.5. The molecule has 16 aromatic carbocycles. The van der Waals surface area contributed by atoms with Crippen molar-refractivity contribution in [3.8, 4) is 56.9 Å². The maximum absolute atomic E-state index is 4.71. The highest BCUT2D eigenvalue weighted by Gasteiger charge is 2.15. The molecule has 0 fully saturated rings. The van der Waals surface area contributed by atoms with Gasteiger partial charge in [0.2, 0.25) is 0 Å². The van der Waals surface area contributed by atoms with E-state index in [2.05, 4.69) is 267 Å². The van der Waals surface area contributed by atoms with Crippen molar-refractivity contribution in [3.05, 3.63) is 392 Å². The largest absolute Gasteiger partial charge is 0.256 e. The molecule has 21 rings (SSSR count). The summed E-state index contributed by atoms with van der Waals surface area (Å²) in [7, 11) is 0. The maximum Gasteiger partial charge on any atom is 0.164 e. The van der Waals surface area contributed by atoms with Crippen molar-refractivity contribution in [3.63, 3.8) is 0 Å². The van der Waals surface area contributed by atoms with Crippen molar-refractivity contribution in [2.24, 2.45) is 0 Å². The quantitative estimate of drug-likeness (QED) is 0.159. The molecule has 0 aliphatic heterocycles. The minimum atomic E-state index is 0.685. The Balaban J connectivity index is 0.000000101. The minimum absolute atomic E-state index is 0.685. The van der Waals surface area contributed by atoms with Crippen LogP contribution < -0.4 is 0 Å². The highest BCUT2D eigenvalue weighted by molar-refractivity contribution is 7.26. The van der Waals surface area contributed by atoms with Gasteiger partial charge in [-0.3, -0.25) is 4.98 Å². The molecule has 0 aliphatic rings. The molecule has 0 atom stereocenters. The minimum Gasteiger partial charge on any atom is -0.256 e. The predicted molar refractivity (Wildman–Crippen MR) is 470 cm³/mol. The first kappa shape index (κ1) is 71.0. The summed E-state index contributed by atoms with van der Waals surface area (Å²) in [5.41, 5.74) is 12.5. The van der Waals surface area contributed by atoms with Crippen molar-refractivity contribution in [1.82, 2.24) is 34.9 Å². The van der Waals surface area contributed by atoms with E-state index in [9.17, 15) is 0 Å². The number of nitrogens with zero attached hydrogens (tertiary/aromatic N) is 7. The van der Waals surface area contributed by atoms with E-state index >= 15 is 0 Å². The van der Waals surface area contributed by atoms with E-state index in [1.54, 1.807) is 0 Å². The van der Waals surface area contributed by atoms with Crippen LogP contribution in [0.15, 0.2) is 358 Å². The number of thiophene rings is 2. The molecule has 0 aliphatic carbocycles. The summed E-state index contributed by atoms with van der Waals surface area (Å²) in [6, 6.07) is 122. The Labute approximate surface area is 648 Å². The van der Waals surface area contributed by atoms with Crippen LogP contribution in [0.4, 0.5) is 0 Å². The van der Waals surface area contributed by atoms with E-state index in [-0.39, 0.29) is 0 Å². The molecule has 21 aromatic rings. The van der Waals surface area contributed by atoms with Crippen LogP contribution in [0.5, 0.6) is 0 Å². The highest BCUT2D eigenvalue weighted by atomic mass is 32.1. The monoisotopic (exact) mass is 1450 g/mol. The lowest BCUT2D eigenvalue weighted by Crippen LogP contribution is -2.00. The van der Waals surface area contributed by atoms with Crippen molar-refractivity contribution < 1.29 is 0 Å². The number of hydrogen-bond acceptors (Lipinski definition) is 9. The van der Waals surface area contributed by atoms with E-state index in [0.717, 1.165) is 39.2 Å². The Bertz CT molecular complexity index is 6580. The fourth-order valence-electron chi connectivity index (χ4n) is 14.2. The number of pyridine rings is 1. The zero-order valence-electron chi connectivity index (χ0n) is 62.0. The molecule has 110 heavy (non-hydrogen) atoms. The normalized spacial score (nSPS) is 11.0. The Hall–Kier alpha value is -13.3. The van der Waals surface area contributed by atoms with Gasteiger partial charge in [-0.2, -0.15) is 0 Å². The van der Waals surface area contributed by atoms with E-state index in [4.69, 9.17) is 15.0 Å². The van der Waals surface area contributed by atoms with Crippen LogP contribution in [0, 0.1) is 41.5 Å². The molecule has 7 nitrogen and oxygen atoms in total. The number of aromatic nitrogens is 7. The zero-order chi connectivity index (χ0) is 74.9. The van der Waals surface area contributed by atoms with Gasteiger partial charge in [-0.1, -0.05) is 332 Å². The van der Waals surface area contributed by atoms with E-state index < -0.39 is 0 Å². The van der Waals surface area contributed by atoms with Gasteiger partial charge in [0, 0.05) is 85.1 Å². The molecule has 0 unspecified atom stereocenters. The Morgan fingerprint density at radius 1 is 0.200 bits per heavy atom. The molecule has 0 spiro atoms. The lowest BCUT2D eigenvalue weighted by atomic mass is 9.93. The lowest BCUT2D eigenvalue weighted by Gasteiger charge is -2.10. The Morgan fingerprint density at radius 2 is 0.518 bits per heavy atom. The van der Waals surface area contributed by atoms with Gasteiger partial charge in [0.1, 0.15) is 5.82 Å². The SMILES string of the molecule is Cc1ccc(-c2nc(-c3ccccc3)nc(-c3ccccc3)n2)cc1.Cc1ccc2c(c1)sc1ccccc12.Cc1ccc2c3ccccc3c3ccccc3c2c1.Cc1ccc2sc3ccccc3c2c1.Cc1cccc2c3ccccc3c3cccnc3c12.Cc1nc(-c2ccccc2)nc(-c2ccccc2)n1. The molecule has 0 saturated heterocycles. The van der Waals surface area contributed by atoms with E-state index in [1.807, 2.05) is 175 Å². The number of rotatable bonds is 5. The van der Waals surface area contributed by atoms with Gasteiger partial charge in [-0.05, 0) is 138 Å². The van der Waals surface area contributed by atoms with Gasteiger partial charge >= 0.3 is 0 Å². The summed E-state index contributed by atoms with van der Waals surface area (Å²) in [6.45, 7) is 12.6. The van der Waals surface area contributed by atoms with Crippen LogP contribution in [0.1, 0.15) is 33.6 Å². The van der Waals surface area contributed by atoms with Crippen molar-refractivity contribution in [1.29, 1.82) is 0 Å². The summed E-state index contributed by atoms with van der Waals surface area (Å²) >= 11 is 3.75. The lowest BCUT2D eigenvalue weighted by molar-refractivity contribution is 0.992. The van der Waals surface area contributed by atoms with Crippen LogP contribution >= 0.6 is 22.7 Å². The molecule has 0 N–H and O–H groups in total. The summed E-state index contributed by atoms with van der Waals surface area (Å²) in [6.07, 6.45) is 1.88. The standard InChI is InChI=1S/C22H17N3.C19H14.C18H13N.C16H13N3.2C13H10S/c1-16-12-14-19(15-13-16)22-24-20(17-8-4-2-5-9-17)23-21(25-22)18-10-6-3-7-11-18;1-13-10-11-18-16-8-3-2-6-14(16)15-7-4-5-9-17(15)19(18)12-13;1-12-6-4-9-15-13-7-2-3-8-14(13)16-10-5-11-19-18(16)17(12)15;1-12-17-15(13-8-4-2-5-9-13)19-16(18-12)14-10-6-3-7-11-14;1-9-6-7-13-11(8-9)10-4-2-3-5-12(10)14-13;1-9-6-7-11-10-4-2-3-5-12(10)14-13(11)8-9/h2-15H,1H3;2-12H,1H3;2*2-11H,1H3;2*2-8H,1H3. The number of hydrogen-bond donors (Lipinski definition) is 0. The molecule has 0 saturated carbocycles. The molecule has 0 bridgehead atoms. The molecule has 0 amide bonds. The summed E-state index contributed by atoms with van der Waals surface area (Å²) in [5, 5.41) is 20.0. The smallest absolute Gasteiger partial charge is 0.164 e. The fourth-order valence-corrected chi connectivity index (χ4v) is 16.5. The third-order valence-corrected chi connectivity index (χ3v) is 21.9. The first-order valence-corrected chi connectivity index (χ1v) is 38.6. The molecule has 528 valence electrons. The summed E-state index contributed by atoms with van der Waals surface area (Å²) in [4.78, 5) is 32.1. The molecule has 0 radical (unpaired) electrons. The average molecular weight is 1450 g/mol. The van der Waals surface area contributed by atoms with Crippen molar-refractivity contribution in [2.45, 2.75) is 41.5 Å². The average Bonchev–Trinajstić information content (AvgIpc) is 0.929. The van der Waals surface area contributed by atoms with Gasteiger partial charge in [-0.15, -0.1) is 22.7 Å². The molecular weight excluding hydrogens is 1380 g/mol. The van der Waals surface area contributed by atoms with Crippen LogP contribution in [0.25, 0.3) is 162 Å². The second-order valence-electron chi connectivity index (χ2n) is 27.4. The third-order valence-electron chi connectivity index (χ3n) is 19.6. The van der Waals surface area contributed by atoms with Gasteiger partial charge < -0.3 is 0 Å². The molecule has 9 heteroatoms. The van der Waals surface area contributed by atoms with Gasteiger partial charge in [-0.25, -0.2) is 29.9 Å². The number of aryl methyl sites for hydroxylation is 6. The number of benzene rings is 16. The maximum atomic E-state index is 4.71.